The van der Waals surface area contributed by atoms with Gasteiger partial charge in [-0.1, -0.05) is 54.6 Å². The van der Waals surface area contributed by atoms with E-state index in [0.717, 1.165) is 21.6 Å². The minimum absolute atomic E-state index is 0.0772. The first-order chi connectivity index (χ1) is 13.7. The summed E-state index contributed by atoms with van der Waals surface area (Å²) in [7, 11) is 0. The Morgan fingerprint density at radius 2 is 1.62 bits per heavy atom. The normalized spacial score (nSPS) is 19.3. The third-order valence-electron chi connectivity index (χ3n) is 4.83. The van der Waals surface area contributed by atoms with Gasteiger partial charge in [0.1, 0.15) is 11.5 Å². The van der Waals surface area contributed by atoms with Gasteiger partial charge < -0.3 is 9.84 Å². The predicted octanol–water partition coefficient (Wildman–Crippen LogP) is 4.13. The summed E-state index contributed by atoms with van der Waals surface area (Å²) in [6, 6.07) is 17.2. The van der Waals surface area contributed by atoms with E-state index in [9.17, 15) is 19.5 Å². The highest BCUT2D eigenvalue weighted by molar-refractivity contribution is 6.05. The van der Waals surface area contributed by atoms with E-state index in [1.165, 1.54) is 0 Å². The molecule has 2 aromatic rings. The lowest BCUT2D eigenvalue weighted by atomic mass is 9.97. The molecule has 1 aliphatic rings. The maximum Gasteiger partial charge on any atom is 0.417 e. The van der Waals surface area contributed by atoms with Gasteiger partial charge in [0, 0.05) is 6.04 Å². The smallest absolute Gasteiger partial charge is 0.417 e. The van der Waals surface area contributed by atoms with E-state index >= 15 is 0 Å². The molecule has 3 rings (SSSR count). The van der Waals surface area contributed by atoms with Gasteiger partial charge in [0.2, 0.25) is 5.91 Å². The van der Waals surface area contributed by atoms with Gasteiger partial charge in [-0.05, 0) is 50.3 Å². The number of hydrogen-bond acceptors (Lipinski definition) is 4. The van der Waals surface area contributed by atoms with Crippen molar-refractivity contribution in [1.82, 2.24) is 4.90 Å². The Bertz CT molecular complexity index is 899. The van der Waals surface area contributed by atoms with Gasteiger partial charge in [-0.2, -0.15) is 0 Å². The zero-order chi connectivity index (χ0) is 21.2. The van der Waals surface area contributed by atoms with Gasteiger partial charge in [-0.15, -0.1) is 0 Å². The fraction of sp³-hybridized carbons (Fsp3) is 0.348. The van der Waals surface area contributed by atoms with Crippen LogP contribution in [0.3, 0.4) is 0 Å². The molecule has 0 radical (unpaired) electrons. The molecule has 152 valence electrons. The summed E-state index contributed by atoms with van der Waals surface area (Å²) in [5.41, 5.74) is 2.29. The number of aliphatic carboxylic acids is 1. The van der Waals surface area contributed by atoms with Crippen molar-refractivity contribution in [3.63, 3.8) is 0 Å². The maximum atomic E-state index is 12.6. The standard InChI is InChI=1S/C23H25NO5/c1-23(2,3)29-22(28)24-18(14-19(20(24)25)21(26)27)13-15-9-11-17(12-10-15)16-7-5-4-6-8-16/h4-12,18-19H,13-14H2,1-3H3,(H,26,27). The van der Waals surface area contributed by atoms with E-state index < -0.39 is 35.5 Å². The van der Waals surface area contributed by atoms with Gasteiger partial charge in [0.05, 0.1) is 0 Å². The average molecular weight is 395 g/mol. The zero-order valence-corrected chi connectivity index (χ0v) is 16.8. The number of carbonyl (C=O) groups is 3. The summed E-state index contributed by atoms with van der Waals surface area (Å²) in [6.07, 6.45) is -0.338. The fourth-order valence-corrected chi connectivity index (χ4v) is 3.49. The largest absolute Gasteiger partial charge is 0.481 e. The summed E-state index contributed by atoms with van der Waals surface area (Å²) < 4.78 is 5.34. The minimum Gasteiger partial charge on any atom is -0.481 e. The van der Waals surface area contributed by atoms with Crippen molar-refractivity contribution in [3.8, 4) is 11.1 Å². The van der Waals surface area contributed by atoms with E-state index in [1.54, 1.807) is 20.8 Å². The Hall–Kier alpha value is -3.15. The van der Waals surface area contributed by atoms with E-state index in [2.05, 4.69) is 0 Å². The number of imide groups is 1. The maximum absolute atomic E-state index is 12.6. The molecule has 29 heavy (non-hydrogen) atoms. The minimum atomic E-state index is -1.23. The molecule has 6 heteroatoms. The van der Waals surface area contributed by atoms with Crippen LogP contribution in [0.1, 0.15) is 32.8 Å². The molecule has 1 N–H and O–H groups in total. The Morgan fingerprint density at radius 1 is 1.03 bits per heavy atom. The number of ether oxygens (including phenoxy) is 1. The van der Waals surface area contributed by atoms with E-state index in [1.807, 2.05) is 54.6 Å². The molecule has 2 aromatic carbocycles. The van der Waals surface area contributed by atoms with Crippen LogP contribution < -0.4 is 0 Å². The van der Waals surface area contributed by atoms with Crippen LogP contribution in [0.2, 0.25) is 0 Å². The van der Waals surface area contributed by atoms with Crippen molar-refractivity contribution in [2.75, 3.05) is 0 Å². The average Bonchev–Trinajstić information content (AvgIpc) is 2.98. The molecule has 2 atom stereocenters. The first-order valence-electron chi connectivity index (χ1n) is 9.59. The molecule has 1 aliphatic heterocycles. The lowest BCUT2D eigenvalue weighted by Crippen LogP contribution is -2.44. The number of carbonyl (C=O) groups excluding carboxylic acids is 2. The second kappa shape index (κ2) is 8.07. The van der Waals surface area contributed by atoms with Gasteiger partial charge in [-0.3, -0.25) is 9.59 Å². The molecule has 2 unspecified atom stereocenters. The first-order valence-corrected chi connectivity index (χ1v) is 9.59. The van der Waals surface area contributed by atoms with Crippen molar-refractivity contribution < 1.29 is 24.2 Å². The third-order valence-corrected chi connectivity index (χ3v) is 4.83. The van der Waals surface area contributed by atoms with Crippen LogP contribution in [0, 0.1) is 5.92 Å². The van der Waals surface area contributed by atoms with Crippen LogP contribution >= 0.6 is 0 Å². The molecule has 0 aromatic heterocycles. The van der Waals surface area contributed by atoms with Crippen molar-refractivity contribution in [1.29, 1.82) is 0 Å². The van der Waals surface area contributed by atoms with Gasteiger partial charge in [0.25, 0.3) is 0 Å². The second-order valence-electron chi connectivity index (χ2n) is 8.24. The van der Waals surface area contributed by atoms with E-state index in [0.29, 0.717) is 6.42 Å². The molecule has 0 aliphatic carbocycles. The summed E-state index contributed by atoms with van der Waals surface area (Å²) in [5, 5.41) is 9.36. The monoisotopic (exact) mass is 395 g/mol. The number of benzene rings is 2. The third kappa shape index (κ3) is 4.83. The van der Waals surface area contributed by atoms with Gasteiger partial charge in [-0.25, -0.2) is 9.69 Å². The van der Waals surface area contributed by atoms with Crippen molar-refractivity contribution in [2.24, 2.45) is 5.92 Å². The van der Waals surface area contributed by atoms with Crippen LogP contribution in [0.25, 0.3) is 11.1 Å². The molecule has 1 heterocycles. The number of hydrogen-bond donors (Lipinski definition) is 1. The van der Waals surface area contributed by atoms with Crippen LogP contribution in [-0.4, -0.2) is 39.6 Å². The number of rotatable bonds is 4. The van der Waals surface area contributed by atoms with Gasteiger partial charge in [0.15, 0.2) is 0 Å². The summed E-state index contributed by atoms with van der Waals surface area (Å²) >= 11 is 0. The van der Waals surface area contributed by atoms with E-state index in [4.69, 9.17) is 4.74 Å². The van der Waals surface area contributed by atoms with Crippen molar-refractivity contribution in [2.45, 2.75) is 45.3 Å². The number of carboxylic acid groups (broad SMARTS) is 1. The first kappa shape index (κ1) is 20.6. The summed E-state index contributed by atoms with van der Waals surface area (Å²) in [4.78, 5) is 37.6. The predicted molar refractivity (Wildman–Crippen MR) is 108 cm³/mol. The highest BCUT2D eigenvalue weighted by Crippen LogP contribution is 2.30. The van der Waals surface area contributed by atoms with Crippen molar-refractivity contribution >= 4 is 18.0 Å². The lowest BCUT2D eigenvalue weighted by Gasteiger charge is -2.27. The summed E-state index contributed by atoms with van der Waals surface area (Å²) in [5.74, 6) is -3.15. The molecule has 6 nitrogen and oxygen atoms in total. The Morgan fingerprint density at radius 3 is 2.17 bits per heavy atom. The number of carboxylic acids is 1. The highest BCUT2D eigenvalue weighted by Gasteiger charge is 2.47. The topological polar surface area (TPSA) is 83.9 Å². The van der Waals surface area contributed by atoms with Crippen LogP contribution in [0.5, 0.6) is 0 Å². The number of amides is 2. The fourth-order valence-electron chi connectivity index (χ4n) is 3.49. The molecule has 0 saturated carbocycles. The van der Waals surface area contributed by atoms with Crippen molar-refractivity contribution in [3.05, 3.63) is 60.2 Å². The molecule has 0 bridgehead atoms. The van der Waals surface area contributed by atoms with Crippen LogP contribution in [0.15, 0.2) is 54.6 Å². The Balaban J connectivity index is 1.80. The SMILES string of the molecule is CC(C)(C)OC(=O)N1C(=O)C(C(=O)O)CC1Cc1ccc(-c2ccccc2)cc1. The quantitative estimate of drug-likeness (QED) is 0.787. The molecule has 0 spiro atoms. The molecule has 1 fully saturated rings. The van der Waals surface area contributed by atoms with Crippen LogP contribution in [-0.2, 0) is 20.7 Å². The Kier molecular flexibility index (Phi) is 5.73. The molecule has 2 amide bonds. The highest BCUT2D eigenvalue weighted by atomic mass is 16.6. The van der Waals surface area contributed by atoms with Gasteiger partial charge >= 0.3 is 12.1 Å². The second-order valence-corrected chi connectivity index (χ2v) is 8.24. The lowest BCUT2D eigenvalue weighted by molar-refractivity contribution is -0.147. The summed E-state index contributed by atoms with van der Waals surface area (Å²) in [6.45, 7) is 5.12. The molecule has 1 saturated heterocycles. The molecular formula is C23H25NO5. The number of likely N-dealkylation sites (tertiary alicyclic amines) is 1. The van der Waals surface area contributed by atoms with Crippen LogP contribution in [0.4, 0.5) is 4.79 Å². The Labute approximate surface area is 170 Å². The number of nitrogens with zero attached hydrogens (tertiary/aromatic N) is 1. The zero-order valence-electron chi connectivity index (χ0n) is 16.8. The molecular weight excluding hydrogens is 370 g/mol. The van der Waals surface area contributed by atoms with E-state index in [-0.39, 0.29) is 6.42 Å².